The third-order valence-corrected chi connectivity index (χ3v) is 12.6. The van der Waals surface area contributed by atoms with Gasteiger partial charge in [-0.25, -0.2) is 0 Å². The SMILES string of the molecule is c1cc(-c2cccc(-c3cccc4c3[se]c3ccccc34)c2)cc(-c2cccc3c2[se]c2ccccc23)c1. The van der Waals surface area contributed by atoms with E-state index in [2.05, 4.69) is 133 Å². The Kier molecular flexibility index (Phi) is 5.28. The molecule has 0 unspecified atom stereocenters. The zero-order valence-electron chi connectivity index (χ0n) is 20.5. The zero-order chi connectivity index (χ0) is 25.1. The maximum atomic E-state index is 2.38. The van der Waals surface area contributed by atoms with Crippen LogP contribution in [0.4, 0.5) is 0 Å². The van der Waals surface area contributed by atoms with Crippen molar-refractivity contribution in [2.75, 3.05) is 0 Å². The molecule has 178 valence electrons. The fraction of sp³-hybridized carbons (Fsp3) is 0. The molecule has 0 saturated carbocycles. The molecule has 0 aliphatic heterocycles. The molecule has 0 amide bonds. The van der Waals surface area contributed by atoms with E-state index in [1.54, 1.807) is 0 Å². The van der Waals surface area contributed by atoms with Gasteiger partial charge in [0.2, 0.25) is 0 Å². The van der Waals surface area contributed by atoms with E-state index in [0.29, 0.717) is 29.0 Å². The predicted octanol–water partition coefficient (Wildman–Crippen LogP) is 9.41. The van der Waals surface area contributed by atoms with Gasteiger partial charge in [-0.3, -0.25) is 0 Å². The van der Waals surface area contributed by atoms with Crippen molar-refractivity contribution >= 4 is 67.6 Å². The second kappa shape index (κ2) is 8.98. The van der Waals surface area contributed by atoms with Crippen molar-refractivity contribution in [2.45, 2.75) is 0 Å². The van der Waals surface area contributed by atoms with Crippen LogP contribution in [0.2, 0.25) is 0 Å². The standard InChI is InChI=1S/C36H22Se2/c1-3-19-33-29(13-1)31-17-7-15-27(35(31)37-33)25-11-5-9-23(21-25)24-10-6-12-26(22-24)28-16-8-18-32-30-14-2-4-20-34(30)38-36(28)32/h1-22H. The van der Waals surface area contributed by atoms with Crippen LogP contribution in [0.5, 0.6) is 0 Å². The van der Waals surface area contributed by atoms with Crippen LogP contribution < -0.4 is 0 Å². The molecule has 0 N–H and O–H groups in total. The van der Waals surface area contributed by atoms with Crippen molar-refractivity contribution in [3.8, 4) is 33.4 Å². The Balaban J connectivity index is 1.25. The summed E-state index contributed by atoms with van der Waals surface area (Å²) >= 11 is 0.677. The first-order valence-corrected chi connectivity index (χ1v) is 16.3. The summed E-state index contributed by atoms with van der Waals surface area (Å²) in [5.74, 6) is 0. The van der Waals surface area contributed by atoms with E-state index in [9.17, 15) is 0 Å². The minimum absolute atomic E-state index is 0.339. The van der Waals surface area contributed by atoms with Crippen LogP contribution in [0.15, 0.2) is 133 Å². The molecule has 2 aromatic heterocycles. The van der Waals surface area contributed by atoms with Gasteiger partial charge in [0.25, 0.3) is 0 Å². The third-order valence-electron chi connectivity index (χ3n) is 7.49. The van der Waals surface area contributed by atoms with Crippen LogP contribution in [-0.4, -0.2) is 29.0 Å². The van der Waals surface area contributed by atoms with Gasteiger partial charge in [-0.15, -0.1) is 0 Å². The molecule has 0 saturated heterocycles. The molecule has 2 heteroatoms. The molecular weight excluding hydrogens is 590 g/mol. The summed E-state index contributed by atoms with van der Waals surface area (Å²) in [4.78, 5) is 0. The minimum atomic E-state index is 0.339. The van der Waals surface area contributed by atoms with Gasteiger partial charge in [0, 0.05) is 0 Å². The van der Waals surface area contributed by atoms with Gasteiger partial charge >= 0.3 is 234 Å². The predicted molar refractivity (Wildman–Crippen MR) is 167 cm³/mol. The summed E-state index contributed by atoms with van der Waals surface area (Å²) in [5.41, 5.74) is 7.89. The van der Waals surface area contributed by atoms with E-state index < -0.39 is 0 Å². The topological polar surface area (TPSA) is 0 Å². The first-order chi connectivity index (χ1) is 18.8. The fourth-order valence-electron chi connectivity index (χ4n) is 5.68. The van der Waals surface area contributed by atoms with Crippen LogP contribution in [0, 0.1) is 0 Å². The number of hydrogen-bond acceptors (Lipinski definition) is 0. The van der Waals surface area contributed by atoms with Crippen molar-refractivity contribution in [1.29, 1.82) is 0 Å². The van der Waals surface area contributed by atoms with Gasteiger partial charge in [-0.2, -0.15) is 0 Å². The monoisotopic (exact) mass is 614 g/mol. The van der Waals surface area contributed by atoms with Crippen LogP contribution in [0.3, 0.4) is 0 Å². The molecule has 0 nitrogen and oxygen atoms in total. The number of benzene rings is 6. The van der Waals surface area contributed by atoms with Gasteiger partial charge in [-0.1, -0.05) is 0 Å². The summed E-state index contributed by atoms with van der Waals surface area (Å²) in [6.07, 6.45) is 0. The Morgan fingerprint density at radius 3 is 1.21 bits per heavy atom. The molecule has 0 fully saturated rings. The van der Waals surface area contributed by atoms with Gasteiger partial charge in [0.05, 0.1) is 0 Å². The van der Waals surface area contributed by atoms with Crippen molar-refractivity contribution in [2.24, 2.45) is 0 Å². The normalized spacial score (nSPS) is 11.7. The van der Waals surface area contributed by atoms with E-state index in [0.717, 1.165) is 0 Å². The Labute approximate surface area is 233 Å². The van der Waals surface area contributed by atoms with E-state index in [-0.39, 0.29) is 0 Å². The molecule has 0 radical (unpaired) electrons. The molecule has 2 heterocycles. The average molecular weight is 612 g/mol. The van der Waals surface area contributed by atoms with Crippen LogP contribution in [0.1, 0.15) is 0 Å². The molecule has 0 atom stereocenters. The summed E-state index contributed by atoms with van der Waals surface area (Å²) in [5, 5.41) is 5.64. The molecule has 8 rings (SSSR count). The molecule has 6 aromatic carbocycles. The molecule has 38 heavy (non-hydrogen) atoms. The summed E-state index contributed by atoms with van der Waals surface area (Å²) in [7, 11) is 0. The zero-order valence-corrected chi connectivity index (χ0v) is 23.9. The molecular formula is C36H22Se2. The first-order valence-electron chi connectivity index (χ1n) is 12.9. The van der Waals surface area contributed by atoms with Crippen molar-refractivity contribution in [1.82, 2.24) is 0 Å². The Hall–Kier alpha value is -3.64. The van der Waals surface area contributed by atoms with E-state index in [4.69, 9.17) is 0 Å². The van der Waals surface area contributed by atoms with Crippen molar-refractivity contribution < 1.29 is 0 Å². The molecule has 0 bridgehead atoms. The summed E-state index contributed by atoms with van der Waals surface area (Å²) < 4.78 is 6.00. The number of rotatable bonds is 3. The quantitative estimate of drug-likeness (QED) is 0.175. The third kappa shape index (κ3) is 3.57. The van der Waals surface area contributed by atoms with Crippen LogP contribution >= 0.6 is 0 Å². The molecule has 8 aromatic rings. The second-order valence-corrected chi connectivity index (χ2v) is 14.1. The molecule has 0 aliphatic rings. The van der Waals surface area contributed by atoms with Gasteiger partial charge < -0.3 is 0 Å². The Bertz CT molecular complexity index is 1990. The average Bonchev–Trinajstić information content (AvgIpc) is 3.56. The Morgan fingerprint density at radius 1 is 0.316 bits per heavy atom. The number of hydrogen-bond donors (Lipinski definition) is 0. The fourth-order valence-corrected chi connectivity index (χ4v) is 10.9. The summed E-state index contributed by atoms with van der Waals surface area (Å²) in [6.45, 7) is 0. The van der Waals surface area contributed by atoms with Gasteiger partial charge in [-0.05, 0) is 0 Å². The number of fused-ring (bicyclic) bond motifs is 6. The van der Waals surface area contributed by atoms with Crippen molar-refractivity contribution in [3.63, 3.8) is 0 Å². The second-order valence-electron chi connectivity index (χ2n) is 9.72. The van der Waals surface area contributed by atoms with Gasteiger partial charge in [0.1, 0.15) is 0 Å². The van der Waals surface area contributed by atoms with E-state index in [1.165, 1.54) is 72.0 Å². The molecule has 0 spiro atoms. The first kappa shape index (κ1) is 22.4. The Morgan fingerprint density at radius 2 is 0.711 bits per heavy atom. The van der Waals surface area contributed by atoms with Crippen molar-refractivity contribution in [3.05, 3.63) is 133 Å². The van der Waals surface area contributed by atoms with Crippen LogP contribution in [-0.2, 0) is 0 Å². The van der Waals surface area contributed by atoms with E-state index >= 15 is 0 Å². The summed E-state index contributed by atoms with van der Waals surface area (Å²) in [6, 6.07) is 49.6. The van der Waals surface area contributed by atoms with E-state index in [1.807, 2.05) is 0 Å². The van der Waals surface area contributed by atoms with Crippen LogP contribution in [0.25, 0.3) is 72.0 Å². The maximum absolute atomic E-state index is 2.38. The molecule has 0 aliphatic carbocycles. The van der Waals surface area contributed by atoms with Gasteiger partial charge in [0.15, 0.2) is 0 Å².